The fourth-order valence-electron chi connectivity index (χ4n) is 1.99. The maximum absolute atomic E-state index is 10.1. The molecule has 0 spiro atoms. The molecule has 0 amide bonds. The molecule has 1 saturated carbocycles. The number of aliphatic hydroxyl groups is 1. The van der Waals surface area contributed by atoms with Crippen LogP contribution in [0.3, 0.4) is 0 Å². The van der Waals surface area contributed by atoms with Crippen LogP contribution in [0.25, 0.3) is 0 Å². The first-order chi connectivity index (χ1) is 8.65. The molecule has 2 rings (SSSR count). The highest BCUT2D eigenvalue weighted by Crippen LogP contribution is 2.18. The Bertz CT molecular complexity index is 336. The second kappa shape index (κ2) is 6.66. The van der Waals surface area contributed by atoms with Gasteiger partial charge >= 0.3 is 0 Å². The zero-order chi connectivity index (χ0) is 13.0. The molecule has 0 saturated heterocycles. The van der Waals surface area contributed by atoms with Gasteiger partial charge in [-0.3, -0.25) is 4.90 Å². The number of nitrogens with zero attached hydrogens (tertiary/aromatic N) is 1. The molecule has 1 fully saturated rings. The summed E-state index contributed by atoms with van der Waals surface area (Å²) in [5, 5.41) is 15.6. The standard InChI is InChI=1S/C14H24N2OS/c1-11(2)16(10-14-4-3-7-18-14)9-13(17)8-15-12-5-6-12/h3-4,7,11-13,15,17H,5-6,8-10H2,1-2H3. The van der Waals surface area contributed by atoms with E-state index in [2.05, 4.69) is 41.6 Å². The summed E-state index contributed by atoms with van der Waals surface area (Å²) in [5.41, 5.74) is 0. The number of aliphatic hydroxyl groups excluding tert-OH is 1. The first-order valence-electron chi connectivity index (χ1n) is 6.83. The molecule has 2 N–H and O–H groups in total. The number of hydrogen-bond acceptors (Lipinski definition) is 4. The Labute approximate surface area is 114 Å². The molecule has 102 valence electrons. The van der Waals surface area contributed by atoms with Crippen molar-refractivity contribution in [3.63, 3.8) is 0 Å². The molecular weight excluding hydrogens is 244 g/mol. The maximum atomic E-state index is 10.1. The average Bonchev–Trinajstić information content (AvgIpc) is 3.02. The van der Waals surface area contributed by atoms with Gasteiger partial charge in [0, 0.05) is 36.6 Å². The van der Waals surface area contributed by atoms with Gasteiger partial charge in [-0.25, -0.2) is 0 Å². The largest absolute Gasteiger partial charge is 0.390 e. The smallest absolute Gasteiger partial charge is 0.0791 e. The van der Waals surface area contributed by atoms with Gasteiger partial charge in [0.25, 0.3) is 0 Å². The molecule has 0 bridgehead atoms. The van der Waals surface area contributed by atoms with Crippen molar-refractivity contribution in [1.29, 1.82) is 0 Å². The Morgan fingerprint density at radius 1 is 1.50 bits per heavy atom. The molecule has 0 aromatic carbocycles. The van der Waals surface area contributed by atoms with Crippen LogP contribution in [0.15, 0.2) is 17.5 Å². The minimum Gasteiger partial charge on any atom is -0.390 e. The minimum absolute atomic E-state index is 0.270. The molecule has 1 heterocycles. The lowest BCUT2D eigenvalue weighted by Gasteiger charge is -2.28. The summed E-state index contributed by atoms with van der Waals surface area (Å²) in [5.74, 6) is 0. The van der Waals surface area contributed by atoms with Gasteiger partial charge in [-0.15, -0.1) is 11.3 Å². The van der Waals surface area contributed by atoms with Gasteiger partial charge < -0.3 is 10.4 Å². The topological polar surface area (TPSA) is 35.5 Å². The van der Waals surface area contributed by atoms with Gasteiger partial charge in [0.2, 0.25) is 0 Å². The Kier molecular flexibility index (Phi) is 5.18. The van der Waals surface area contributed by atoms with Crippen LogP contribution < -0.4 is 5.32 Å². The highest BCUT2D eigenvalue weighted by molar-refractivity contribution is 7.09. The molecule has 4 heteroatoms. The van der Waals surface area contributed by atoms with Crippen LogP contribution >= 0.6 is 11.3 Å². The van der Waals surface area contributed by atoms with E-state index in [1.807, 2.05) is 0 Å². The molecule has 1 atom stereocenters. The third kappa shape index (κ3) is 4.69. The molecule has 1 aliphatic carbocycles. The van der Waals surface area contributed by atoms with Crippen LogP contribution in [0, 0.1) is 0 Å². The maximum Gasteiger partial charge on any atom is 0.0791 e. The summed E-state index contributed by atoms with van der Waals surface area (Å²) < 4.78 is 0. The minimum atomic E-state index is -0.270. The number of nitrogens with one attached hydrogen (secondary N) is 1. The van der Waals surface area contributed by atoms with Crippen molar-refractivity contribution in [2.75, 3.05) is 13.1 Å². The summed E-state index contributed by atoms with van der Waals surface area (Å²) in [6.45, 7) is 6.78. The van der Waals surface area contributed by atoms with Gasteiger partial charge in [0.1, 0.15) is 0 Å². The quantitative estimate of drug-likeness (QED) is 0.757. The predicted octanol–water partition coefficient (Wildman–Crippen LogP) is 2.07. The molecule has 0 aliphatic heterocycles. The van der Waals surface area contributed by atoms with Crippen molar-refractivity contribution in [2.24, 2.45) is 0 Å². The number of rotatable bonds is 8. The highest BCUT2D eigenvalue weighted by atomic mass is 32.1. The van der Waals surface area contributed by atoms with E-state index in [4.69, 9.17) is 0 Å². The van der Waals surface area contributed by atoms with E-state index in [9.17, 15) is 5.11 Å². The molecule has 1 aliphatic rings. The van der Waals surface area contributed by atoms with Crippen LogP contribution in [-0.2, 0) is 6.54 Å². The van der Waals surface area contributed by atoms with Crippen LogP contribution in [0.4, 0.5) is 0 Å². The molecule has 1 aromatic rings. The number of thiophene rings is 1. The Morgan fingerprint density at radius 2 is 2.28 bits per heavy atom. The van der Waals surface area contributed by atoms with Crippen molar-refractivity contribution >= 4 is 11.3 Å². The number of hydrogen-bond donors (Lipinski definition) is 2. The van der Waals surface area contributed by atoms with E-state index in [1.54, 1.807) is 11.3 Å². The molecule has 3 nitrogen and oxygen atoms in total. The van der Waals surface area contributed by atoms with E-state index in [1.165, 1.54) is 17.7 Å². The normalized spacial score (nSPS) is 17.6. The highest BCUT2D eigenvalue weighted by Gasteiger charge is 2.22. The van der Waals surface area contributed by atoms with Crippen molar-refractivity contribution in [1.82, 2.24) is 10.2 Å². The van der Waals surface area contributed by atoms with E-state index in [0.29, 0.717) is 12.1 Å². The lowest BCUT2D eigenvalue weighted by atomic mass is 10.2. The second-order valence-electron chi connectivity index (χ2n) is 5.44. The van der Waals surface area contributed by atoms with Gasteiger partial charge in [-0.1, -0.05) is 6.07 Å². The van der Waals surface area contributed by atoms with Crippen molar-refractivity contribution in [3.05, 3.63) is 22.4 Å². The fourth-order valence-corrected chi connectivity index (χ4v) is 2.72. The SMILES string of the molecule is CC(C)N(Cc1cccs1)CC(O)CNC1CC1. The molecule has 1 unspecified atom stereocenters. The lowest BCUT2D eigenvalue weighted by molar-refractivity contribution is 0.0904. The molecule has 1 aromatic heterocycles. The zero-order valence-electron chi connectivity index (χ0n) is 11.3. The van der Waals surface area contributed by atoms with E-state index >= 15 is 0 Å². The summed E-state index contributed by atoms with van der Waals surface area (Å²) >= 11 is 1.79. The summed E-state index contributed by atoms with van der Waals surface area (Å²) in [6, 6.07) is 5.38. The molecule has 0 radical (unpaired) electrons. The Hall–Kier alpha value is -0.420. The van der Waals surface area contributed by atoms with Gasteiger partial charge in [-0.2, -0.15) is 0 Å². The second-order valence-corrected chi connectivity index (χ2v) is 6.47. The fraction of sp³-hybridized carbons (Fsp3) is 0.714. The van der Waals surface area contributed by atoms with E-state index in [-0.39, 0.29) is 6.10 Å². The Morgan fingerprint density at radius 3 is 2.83 bits per heavy atom. The van der Waals surface area contributed by atoms with Crippen LogP contribution in [-0.4, -0.2) is 41.3 Å². The summed E-state index contributed by atoms with van der Waals surface area (Å²) in [4.78, 5) is 3.71. The van der Waals surface area contributed by atoms with Crippen LogP contribution in [0.5, 0.6) is 0 Å². The summed E-state index contributed by atoms with van der Waals surface area (Å²) in [7, 11) is 0. The van der Waals surface area contributed by atoms with Gasteiger partial charge in [0.15, 0.2) is 0 Å². The first kappa shape index (κ1) is 14.0. The molecular formula is C14H24N2OS. The van der Waals surface area contributed by atoms with E-state index < -0.39 is 0 Å². The van der Waals surface area contributed by atoms with Crippen molar-refractivity contribution in [3.8, 4) is 0 Å². The van der Waals surface area contributed by atoms with Crippen LogP contribution in [0.2, 0.25) is 0 Å². The first-order valence-corrected chi connectivity index (χ1v) is 7.71. The van der Waals surface area contributed by atoms with Gasteiger partial charge in [-0.05, 0) is 38.1 Å². The average molecular weight is 268 g/mol. The third-order valence-corrected chi connectivity index (χ3v) is 4.20. The zero-order valence-corrected chi connectivity index (χ0v) is 12.1. The van der Waals surface area contributed by atoms with Crippen molar-refractivity contribution < 1.29 is 5.11 Å². The molecule has 18 heavy (non-hydrogen) atoms. The van der Waals surface area contributed by atoms with E-state index in [0.717, 1.165) is 19.6 Å². The summed E-state index contributed by atoms with van der Waals surface area (Å²) in [6.07, 6.45) is 2.28. The Balaban J connectivity index is 1.77. The predicted molar refractivity (Wildman–Crippen MR) is 76.9 cm³/mol. The monoisotopic (exact) mass is 268 g/mol. The van der Waals surface area contributed by atoms with Crippen molar-refractivity contribution in [2.45, 2.75) is 51.4 Å². The third-order valence-electron chi connectivity index (χ3n) is 3.33. The van der Waals surface area contributed by atoms with Gasteiger partial charge in [0.05, 0.1) is 6.10 Å². The van der Waals surface area contributed by atoms with Crippen LogP contribution in [0.1, 0.15) is 31.6 Å². The lowest BCUT2D eigenvalue weighted by Crippen LogP contribution is -2.41.